The number of anilines is 1. The van der Waals surface area contributed by atoms with Gasteiger partial charge in [-0.15, -0.1) is 0 Å². The Balaban J connectivity index is 1.58. The van der Waals surface area contributed by atoms with Crippen molar-refractivity contribution < 1.29 is 23.1 Å². The van der Waals surface area contributed by atoms with Crippen LogP contribution < -0.4 is 20.7 Å². The molecule has 0 unspecified atom stereocenters. The van der Waals surface area contributed by atoms with E-state index in [9.17, 15) is 23.1 Å². The van der Waals surface area contributed by atoms with Crippen molar-refractivity contribution in [3.8, 4) is 0 Å². The van der Waals surface area contributed by atoms with Crippen molar-refractivity contribution in [1.82, 2.24) is 16.0 Å². The molecule has 248 valence electrons. The number of hydrogen-bond acceptors (Lipinski definition) is 6. The number of aryl methyl sites for hydroxylation is 1. The molecule has 5 N–H and O–H groups in total. The monoisotopic (exact) mass is 656 g/mol. The quantitative estimate of drug-likeness (QED) is 0.118. The lowest BCUT2D eigenvalue weighted by molar-refractivity contribution is 0.0825. The maximum Gasteiger partial charge on any atom is 0.251 e. The van der Waals surface area contributed by atoms with Crippen LogP contribution in [0.3, 0.4) is 0 Å². The van der Waals surface area contributed by atoms with Gasteiger partial charge in [0, 0.05) is 23.7 Å². The highest BCUT2D eigenvalue weighted by Crippen LogP contribution is 2.20. The van der Waals surface area contributed by atoms with Crippen LogP contribution in [0.4, 0.5) is 5.69 Å². The summed E-state index contributed by atoms with van der Waals surface area (Å²) in [6, 6.07) is 30.3. The van der Waals surface area contributed by atoms with Crippen molar-refractivity contribution in [1.29, 1.82) is 0 Å². The van der Waals surface area contributed by atoms with E-state index in [0.717, 1.165) is 22.3 Å². The molecule has 0 spiro atoms. The van der Waals surface area contributed by atoms with Crippen LogP contribution in [-0.2, 0) is 16.4 Å². The van der Waals surface area contributed by atoms with Crippen molar-refractivity contribution in [2.45, 2.75) is 58.3 Å². The van der Waals surface area contributed by atoms with E-state index in [2.05, 4.69) is 20.7 Å². The maximum atomic E-state index is 13.8. The predicted octanol–water partition coefficient (Wildman–Crippen LogP) is 5.30. The second-order valence-electron chi connectivity index (χ2n) is 11.8. The fourth-order valence-corrected chi connectivity index (χ4v) is 5.74. The van der Waals surface area contributed by atoms with E-state index in [1.165, 1.54) is 25.1 Å². The smallest absolute Gasteiger partial charge is 0.251 e. The molecule has 0 aromatic heterocycles. The Morgan fingerprint density at radius 1 is 0.745 bits per heavy atom. The lowest BCUT2D eigenvalue weighted by Gasteiger charge is -2.26. The van der Waals surface area contributed by atoms with E-state index >= 15 is 0 Å². The third-order valence-electron chi connectivity index (χ3n) is 8.05. The molecule has 0 saturated carbocycles. The minimum absolute atomic E-state index is 0.0365. The zero-order valence-electron chi connectivity index (χ0n) is 27.2. The van der Waals surface area contributed by atoms with Gasteiger partial charge in [-0.3, -0.25) is 14.3 Å². The summed E-state index contributed by atoms with van der Waals surface area (Å²) in [6.07, 6.45) is -0.621. The molecule has 4 aromatic rings. The highest BCUT2D eigenvalue weighted by molar-refractivity contribution is 7.92. The summed E-state index contributed by atoms with van der Waals surface area (Å²) in [6.45, 7) is 7.53. The first-order valence-corrected chi connectivity index (χ1v) is 17.4. The number of rotatable bonds is 15. The van der Waals surface area contributed by atoms with Gasteiger partial charge in [-0.1, -0.05) is 90.5 Å². The molecule has 0 saturated heterocycles. The van der Waals surface area contributed by atoms with Crippen molar-refractivity contribution in [2.24, 2.45) is 0 Å². The number of aliphatic hydroxyl groups is 1. The lowest BCUT2D eigenvalue weighted by Crippen LogP contribution is -2.49. The minimum atomic E-state index is -3.70. The van der Waals surface area contributed by atoms with Crippen LogP contribution in [0.2, 0.25) is 0 Å². The Morgan fingerprint density at radius 3 is 1.89 bits per heavy atom. The van der Waals surface area contributed by atoms with E-state index in [0.29, 0.717) is 6.42 Å². The molecular formula is C37H44N4O5S. The normalized spacial score (nSPS) is 14.0. The molecule has 0 heterocycles. The van der Waals surface area contributed by atoms with E-state index in [-0.39, 0.29) is 41.2 Å². The van der Waals surface area contributed by atoms with Gasteiger partial charge >= 0.3 is 0 Å². The van der Waals surface area contributed by atoms with Crippen molar-refractivity contribution in [3.05, 3.63) is 137 Å². The molecule has 2 amide bonds. The maximum absolute atomic E-state index is 13.8. The molecule has 4 rings (SSSR count). The number of amides is 2. The van der Waals surface area contributed by atoms with Crippen LogP contribution >= 0.6 is 0 Å². The van der Waals surface area contributed by atoms with Crippen LogP contribution in [-0.4, -0.2) is 49.8 Å². The molecule has 0 aliphatic carbocycles. The number of aliphatic hydroxyl groups excluding tert-OH is 1. The first-order valence-electron chi connectivity index (χ1n) is 15.8. The Hall–Kier alpha value is -4.51. The van der Waals surface area contributed by atoms with Gasteiger partial charge in [0.05, 0.1) is 29.6 Å². The van der Waals surface area contributed by atoms with Gasteiger partial charge in [-0.25, -0.2) is 8.42 Å². The van der Waals surface area contributed by atoms with Crippen molar-refractivity contribution >= 4 is 27.5 Å². The molecule has 0 aliphatic rings. The molecule has 0 bridgehead atoms. The Morgan fingerprint density at radius 2 is 1.30 bits per heavy atom. The molecule has 10 heteroatoms. The average molecular weight is 657 g/mol. The minimum Gasteiger partial charge on any atom is -0.390 e. The van der Waals surface area contributed by atoms with Gasteiger partial charge < -0.3 is 21.1 Å². The highest BCUT2D eigenvalue weighted by Gasteiger charge is 2.25. The lowest BCUT2D eigenvalue weighted by atomic mass is 9.99. The molecule has 0 fully saturated rings. The van der Waals surface area contributed by atoms with Crippen molar-refractivity contribution in [3.63, 3.8) is 0 Å². The largest absolute Gasteiger partial charge is 0.390 e. The summed E-state index contributed by atoms with van der Waals surface area (Å²) >= 11 is 0. The van der Waals surface area contributed by atoms with E-state index in [4.69, 9.17) is 0 Å². The zero-order valence-corrected chi connectivity index (χ0v) is 28.1. The van der Waals surface area contributed by atoms with E-state index in [1.54, 1.807) is 0 Å². The number of nitrogens with one attached hydrogen (secondary N) is 4. The summed E-state index contributed by atoms with van der Waals surface area (Å²) in [5, 5.41) is 20.6. The van der Waals surface area contributed by atoms with Crippen LogP contribution in [0, 0.1) is 6.92 Å². The van der Waals surface area contributed by atoms with Crippen LogP contribution in [0.15, 0.2) is 103 Å². The average Bonchev–Trinajstić information content (AvgIpc) is 3.07. The molecule has 0 radical (unpaired) electrons. The summed E-state index contributed by atoms with van der Waals surface area (Å²) in [5.74, 6) is -1.21. The van der Waals surface area contributed by atoms with Gasteiger partial charge in [-0.05, 0) is 69.0 Å². The molecule has 9 nitrogen and oxygen atoms in total. The summed E-state index contributed by atoms with van der Waals surface area (Å²) in [4.78, 5) is 27.2. The first-order chi connectivity index (χ1) is 22.4. The topological polar surface area (TPSA) is 137 Å². The Bertz CT molecular complexity index is 1730. The molecule has 4 atom stereocenters. The van der Waals surface area contributed by atoms with Crippen LogP contribution in [0.1, 0.15) is 75.8 Å². The second-order valence-corrected chi connectivity index (χ2v) is 13.8. The molecular weight excluding hydrogens is 612 g/mol. The molecule has 0 aliphatic heterocycles. The first kappa shape index (κ1) is 35.3. The van der Waals surface area contributed by atoms with Gasteiger partial charge in [0.25, 0.3) is 11.8 Å². The van der Waals surface area contributed by atoms with E-state index in [1.807, 2.05) is 106 Å². The zero-order chi connectivity index (χ0) is 34.0. The summed E-state index contributed by atoms with van der Waals surface area (Å²) in [5.41, 5.74) is 4.26. The number of sulfonamides is 1. The Labute approximate surface area is 277 Å². The fourth-order valence-electron chi connectivity index (χ4n) is 5.12. The molecule has 47 heavy (non-hydrogen) atoms. The molecule has 4 aromatic carbocycles. The van der Waals surface area contributed by atoms with Crippen LogP contribution in [0.5, 0.6) is 0 Å². The SMILES string of the molecule is CCS(=O)(=O)Nc1cc(C(=O)N[C@@H](Cc2ccccc2)[C@H](O)CN[C@@H](C)c2ccccc2)cc(C(=O)N[C@H](C)c2ccc(C)cc2)c1. The summed E-state index contributed by atoms with van der Waals surface area (Å²) in [7, 11) is -3.70. The Kier molecular flexibility index (Phi) is 12.3. The summed E-state index contributed by atoms with van der Waals surface area (Å²) < 4.78 is 27.4. The third-order valence-corrected chi connectivity index (χ3v) is 9.35. The van der Waals surface area contributed by atoms with Gasteiger partial charge in [0.1, 0.15) is 0 Å². The highest BCUT2D eigenvalue weighted by atomic mass is 32.2. The van der Waals surface area contributed by atoms with Gasteiger partial charge in [0.15, 0.2) is 0 Å². The number of carbonyl (C=O) groups is 2. The number of carbonyl (C=O) groups excluding carboxylic acids is 2. The van der Waals surface area contributed by atoms with E-state index < -0.39 is 34.0 Å². The van der Waals surface area contributed by atoms with Gasteiger partial charge in [-0.2, -0.15) is 0 Å². The third kappa shape index (κ3) is 10.5. The second kappa shape index (κ2) is 16.4. The fraction of sp³-hybridized carbons (Fsp3) is 0.297. The predicted molar refractivity (Wildman–Crippen MR) is 187 cm³/mol. The van der Waals surface area contributed by atoms with Crippen LogP contribution in [0.25, 0.3) is 0 Å². The van der Waals surface area contributed by atoms with Gasteiger partial charge in [0.2, 0.25) is 10.0 Å². The standard InChI is InChI=1S/C37H44N4O5S/c1-5-47(45,46)41-33-22-31(36(43)39-27(4)30-18-16-25(2)17-19-30)21-32(23-33)37(44)40-34(20-28-12-8-6-9-13-28)35(42)24-38-26(3)29-14-10-7-11-15-29/h6-19,21-23,26-27,34-35,38,41-42H,5,20,24H2,1-4H3,(H,39,43)(H,40,44)/t26-,27+,34-,35+/m0/s1. The number of benzene rings is 4. The van der Waals surface area contributed by atoms with Crippen molar-refractivity contribution in [2.75, 3.05) is 17.0 Å². The number of hydrogen-bond donors (Lipinski definition) is 5.